The van der Waals surface area contributed by atoms with Crippen LogP contribution in [0.25, 0.3) is 0 Å². The van der Waals surface area contributed by atoms with E-state index in [0.717, 1.165) is 68.1 Å². The minimum Gasteiger partial charge on any atom is -0.496 e. The van der Waals surface area contributed by atoms with Crippen molar-refractivity contribution in [2.24, 2.45) is 28.8 Å². The van der Waals surface area contributed by atoms with Crippen LogP contribution in [0.5, 0.6) is 23.0 Å². The Kier molecular flexibility index (Phi) is 13.8. The minimum atomic E-state index is -1.29. The number of aliphatic hydroxyl groups excluding tert-OH is 2. The highest BCUT2D eigenvalue weighted by Crippen LogP contribution is 2.62. The molecule has 310 valence electrons. The van der Waals surface area contributed by atoms with Gasteiger partial charge in [0.15, 0.2) is 6.29 Å². The zero-order chi connectivity index (χ0) is 40.7. The zero-order valence-corrected chi connectivity index (χ0v) is 34.4. The summed E-state index contributed by atoms with van der Waals surface area (Å²) in [6.07, 6.45) is 12.4. The first kappa shape index (κ1) is 42.4. The molecule has 0 radical (unpaired) electrons. The Bertz CT molecular complexity index is 1800. The number of hydrogen-bond acceptors (Lipinski definition) is 10. The fourth-order valence-corrected chi connectivity index (χ4v) is 9.13. The Morgan fingerprint density at radius 3 is 2.42 bits per heavy atom. The van der Waals surface area contributed by atoms with Crippen molar-refractivity contribution in [3.05, 3.63) is 71.8 Å². The summed E-state index contributed by atoms with van der Waals surface area (Å²) in [5.41, 5.74) is 2.56. The van der Waals surface area contributed by atoms with Crippen LogP contribution in [0.1, 0.15) is 114 Å². The predicted octanol–water partition coefficient (Wildman–Crippen LogP) is 8.38. The van der Waals surface area contributed by atoms with Crippen molar-refractivity contribution in [2.45, 2.75) is 115 Å². The number of rotatable bonds is 20. The van der Waals surface area contributed by atoms with E-state index < -0.39 is 23.3 Å². The highest BCUT2D eigenvalue weighted by Gasteiger charge is 2.65. The van der Waals surface area contributed by atoms with Gasteiger partial charge in [0.1, 0.15) is 34.6 Å². The summed E-state index contributed by atoms with van der Waals surface area (Å²) in [5, 5.41) is 24.7. The van der Waals surface area contributed by atoms with Crippen molar-refractivity contribution in [3.63, 3.8) is 0 Å². The zero-order valence-electron chi connectivity index (χ0n) is 34.4. The maximum atomic E-state index is 14.4. The van der Waals surface area contributed by atoms with Crippen molar-refractivity contribution in [1.82, 2.24) is 4.90 Å². The number of carbonyl (C=O) groups is 2. The summed E-state index contributed by atoms with van der Waals surface area (Å²) in [7, 11) is 1.52. The topological polar surface area (TPSA) is 136 Å². The highest BCUT2D eigenvalue weighted by atomic mass is 16.7. The lowest BCUT2D eigenvalue weighted by Crippen LogP contribution is -2.70. The van der Waals surface area contributed by atoms with Crippen molar-refractivity contribution in [3.8, 4) is 23.0 Å². The van der Waals surface area contributed by atoms with E-state index in [9.17, 15) is 19.8 Å². The molecule has 4 aliphatic rings. The second-order valence-electron chi connectivity index (χ2n) is 16.9. The number of amides is 1. The molecule has 1 amide bonds. The summed E-state index contributed by atoms with van der Waals surface area (Å²) < 4.78 is 26.2. The smallest absolute Gasteiger partial charge is 0.239 e. The summed E-state index contributed by atoms with van der Waals surface area (Å²) in [6, 6.07) is 10.5. The van der Waals surface area contributed by atoms with Crippen molar-refractivity contribution in [1.29, 1.82) is 0 Å². The van der Waals surface area contributed by atoms with Gasteiger partial charge in [0.25, 0.3) is 0 Å². The largest absolute Gasteiger partial charge is 0.496 e. The number of nitrogens with zero attached hydrogens (tertiary/aromatic N) is 2. The van der Waals surface area contributed by atoms with E-state index >= 15 is 0 Å². The molecule has 6 atom stereocenters. The molecule has 0 bridgehead atoms. The number of oxime groups is 1. The molecule has 6 unspecified atom stereocenters. The van der Waals surface area contributed by atoms with Crippen molar-refractivity contribution >= 4 is 17.9 Å². The number of hydrogen-bond donors (Lipinski definition) is 2. The van der Waals surface area contributed by atoms with Gasteiger partial charge < -0.3 is 38.9 Å². The molecule has 2 N–H and O–H groups in total. The van der Waals surface area contributed by atoms with Gasteiger partial charge in [-0.05, 0) is 120 Å². The van der Waals surface area contributed by atoms with E-state index in [2.05, 4.69) is 19.6 Å². The minimum absolute atomic E-state index is 0.0197. The number of allylic oxidation sites excluding steroid dienone is 1. The molecule has 2 aromatic carbocycles. The van der Waals surface area contributed by atoms with Crippen molar-refractivity contribution in [2.75, 3.05) is 33.5 Å². The van der Waals surface area contributed by atoms with Crippen LogP contribution in [0, 0.1) is 23.7 Å². The molecule has 11 heteroatoms. The van der Waals surface area contributed by atoms with Crippen LogP contribution in [-0.4, -0.2) is 83.9 Å². The Balaban J connectivity index is 1.58. The molecule has 1 aliphatic heterocycles. The van der Waals surface area contributed by atoms with Crippen LogP contribution in [0.4, 0.5) is 0 Å². The molecule has 2 saturated carbocycles. The monoisotopic (exact) mass is 786 g/mol. The molecule has 0 aromatic heterocycles. The average Bonchev–Trinajstić information content (AvgIpc) is 4.05. The standard InChI is InChI=1S/C46H62N2O9/c1-7-21-48(44(52)30-15-16-30)41-28-38(47-57-45(3,4)5)36-26-31(13-9-11-22-49)35(14-10-12-23-50)42-37-27-34(55-33-17-19-39(53-6)32(25-33)29-51)18-20-40(37)56-46(41,43(36)42)54-24-8-2/h8,17-20,25-27,29-31,35,41-43,49-50H,2,7,9-16,21-24,28H2,1,3-6H3. The Morgan fingerprint density at radius 1 is 1.05 bits per heavy atom. The summed E-state index contributed by atoms with van der Waals surface area (Å²) in [4.78, 5) is 34.5. The predicted molar refractivity (Wildman–Crippen MR) is 219 cm³/mol. The summed E-state index contributed by atoms with van der Waals surface area (Å²) in [5.74, 6) is 0.604. The van der Waals surface area contributed by atoms with Crippen LogP contribution in [0.15, 0.2) is 65.9 Å². The molecule has 57 heavy (non-hydrogen) atoms. The third kappa shape index (κ3) is 9.26. The third-order valence-electron chi connectivity index (χ3n) is 11.7. The number of benzene rings is 2. The third-order valence-corrected chi connectivity index (χ3v) is 11.7. The van der Waals surface area contributed by atoms with Gasteiger partial charge in [-0.25, -0.2) is 0 Å². The van der Waals surface area contributed by atoms with Crippen LogP contribution >= 0.6 is 0 Å². The molecule has 3 aliphatic carbocycles. The molecule has 2 fully saturated rings. The lowest BCUT2D eigenvalue weighted by atomic mass is 9.55. The van der Waals surface area contributed by atoms with E-state index in [-0.39, 0.29) is 49.4 Å². The number of unbranched alkanes of at least 4 members (excludes halogenated alkanes) is 2. The first-order valence-corrected chi connectivity index (χ1v) is 20.9. The number of ether oxygens (including phenoxy) is 4. The van der Waals surface area contributed by atoms with Crippen LogP contribution in [0.2, 0.25) is 0 Å². The highest BCUT2D eigenvalue weighted by molar-refractivity contribution is 6.03. The molecular weight excluding hydrogens is 725 g/mol. The number of aliphatic hydroxyl groups is 2. The molecule has 0 spiro atoms. The normalized spacial score (nSPS) is 25.7. The lowest BCUT2D eigenvalue weighted by Gasteiger charge is -2.60. The van der Waals surface area contributed by atoms with Crippen LogP contribution in [-0.2, 0) is 14.4 Å². The van der Waals surface area contributed by atoms with Gasteiger partial charge >= 0.3 is 0 Å². The molecular formula is C46H62N2O9. The van der Waals surface area contributed by atoms with Crippen LogP contribution in [0.3, 0.4) is 0 Å². The molecule has 11 nitrogen and oxygen atoms in total. The van der Waals surface area contributed by atoms with E-state index in [0.29, 0.717) is 54.4 Å². The van der Waals surface area contributed by atoms with Gasteiger partial charge in [-0.3, -0.25) is 9.59 Å². The molecule has 1 heterocycles. The number of methoxy groups -OCH3 is 1. The van der Waals surface area contributed by atoms with Gasteiger partial charge in [0.05, 0.1) is 30.9 Å². The summed E-state index contributed by atoms with van der Waals surface area (Å²) >= 11 is 0. The molecule has 0 saturated heterocycles. The van der Waals surface area contributed by atoms with Crippen LogP contribution < -0.4 is 14.2 Å². The van der Waals surface area contributed by atoms with E-state index in [1.54, 1.807) is 24.3 Å². The number of fused-ring (bicyclic) bond motifs is 2. The lowest BCUT2D eigenvalue weighted by molar-refractivity contribution is -0.257. The fourth-order valence-electron chi connectivity index (χ4n) is 9.13. The Morgan fingerprint density at radius 2 is 1.77 bits per heavy atom. The SMILES string of the molecule is C=CCOC12Oc3ccc(Oc4ccc(OC)c(C=O)c4)cc3C3C(CCCCO)C(CCCCO)C=C(C(=NOC(C)(C)C)CC1N(CCC)C(=O)C1CC1)C32. The second kappa shape index (κ2) is 18.6. The quantitative estimate of drug-likeness (QED) is 0.0587. The first-order valence-electron chi connectivity index (χ1n) is 20.9. The van der Waals surface area contributed by atoms with E-state index in [1.165, 1.54) is 7.11 Å². The Hall–Kier alpha value is -4.19. The Labute approximate surface area is 338 Å². The number of carbonyl (C=O) groups excluding carboxylic acids is 2. The fraction of sp³-hybridized carbons (Fsp3) is 0.587. The van der Waals surface area contributed by atoms with Gasteiger partial charge in [0, 0.05) is 43.6 Å². The van der Waals surface area contributed by atoms with Gasteiger partial charge in [-0.1, -0.05) is 37.1 Å². The molecule has 2 aromatic rings. The second-order valence-corrected chi connectivity index (χ2v) is 16.9. The maximum Gasteiger partial charge on any atom is 0.239 e. The van der Waals surface area contributed by atoms with Crippen molar-refractivity contribution < 1.29 is 43.6 Å². The van der Waals surface area contributed by atoms with E-state index in [4.69, 9.17) is 28.9 Å². The van der Waals surface area contributed by atoms with Gasteiger partial charge in [-0.15, -0.1) is 6.58 Å². The number of aldehydes is 1. The maximum absolute atomic E-state index is 14.4. The van der Waals surface area contributed by atoms with Gasteiger partial charge in [0.2, 0.25) is 11.7 Å². The first-order chi connectivity index (χ1) is 27.5. The average molecular weight is 787 g/mol. The van der Waals surface area contributed by atoms with Gasteiger partial charge in [-0.2, -0.15) is 0 Å². The van der Waals surface area contributed by atoms with E-state index in [1.807, 2.05) is 43.9 Å². The summed E-state index contributed by atoms with van der Waals surface area (Å²) in [6.45, 7) is 13.0. The molecule has 6 rings (SSSR count).